The van der Waals surface area contributed by atoms with E-state index in [9.17, 15) is 9.59 Å². The van der Waals surface area contributed by atoms with E-state index in [0.717, 1.165) is 24.2 Å². The van der Waals surface area contributed by atoms with Crippen LogP contribution in [0.15, 0.2) is 29.2 Å². The highest BCUT2D eigenvalue weighted by Crippen LogP contribution is 2.34. The van der Waals surface area contributed by atoms with E-state index in [2.05, 4.69) is 0 Å². The molecule has 1 aliphatic heterocycles. The maximum atomic E-state index is 12.6. The van der Waals surface area contributed by atoms with Crippen LogP contribution in [-0.2, 0) is 9.59 Å². The van der Waals surface area contributed by atoms with E-state index < -0.39 is 5.97 Å². The number of benzene rings is 1. The van der Waals surface area contributed by atoms with Crippen molar-refractivity contribution in [1.29, 1.82) is 0 Å². The number of carboxylic acids is 1. The lowest BCUT2D eigenvalue weighted by Gasteiger charge is -2.13. The highest BCUT2D eigenvalue weighted by molar-refractivity contribution is 8.26. The van der Waals surface area contributed by atoms with Crippen molar-refractivity contribution in [3.05, 3.63) is 34.7 Å². The van der Waals surface area contributed by atoms with Crippen LogP contribution >= 0.6 is 24.0 Å². The first kappa shape index (κ1) is 19.5. The van der Waals surface area contributed by atoms with Gasteiger partial charge in [-0.2, -0.15) is 0 Å². The van der Waals surface area contributed by atoms with Crippen LogP contribution < -0.4 is 4.74 Å². The molecule has 0 radical (unpaired) electrons. The van der Waals surface area contributed by atoms with E-state index in [1.165, 1.54) is 11.8 Å². The van der Waals surface area contributed by atoms with Crippen molar-refractivity contribution in [1.82, 2.24) is 4.90 Å². The SMILES string of the molecule is CCOc1ccccc1/C=C1/SC(=S)N(CCCCCC(=O)O)C1=O. The fourth-order valence-corrected chi connectivity index (χ4v) is 3.74. The predicted molar refractivity (Wildman–Crippen MR) is 104 cm³/mol. The third-order valence-corrected chi connectivity index (χ3v) is 5.03. The monoisotopic (exact) mass is 379 g/mol. The van der Waals surface area contributed by atoms with Crippen molar-refractivity contribution in [2.75, 3.05) is 13.2 Å². The van der Waals surface area contributed by atoms with Crippen molar-refractivity contribution >= 4 is 46.3 Å². The fraction of sp³-hybridized carbons (Fsp3) is 0.389. The number of carboxylic acid groups (broad SMARTS) is 1. The van der Waals surface area contributed by atoms with Gasteiger partial charge in [0.2, 0.25) is 0 Å². The summed E-state index contributed by atoms with van der Waals surface area (Å²) in [5.74, 6) is -0.148. The standard InChI is InChI=1S/C18H21NO4S2/c1-2-23-14-9-6-5-8-13(14)12-15-17(22)19(18(24)25-15)11-7-3-4-10-16(20)21/h5-6,8-9,12H,2-4,7,10-11H2,1H3,(H,20,21)/b15-12+. The first-order valence-electron chi connectivity index (χ1n) is 8.22. The first-order valence-corrected chi connectivity index (χ1v) is 9.44. The number of para-hydroxylation sites is 1. The Morgan fingerprint density at radius 2 is 2.08 bits per heavy atom. The van der Waals surface area contributed by atoms with Gasteiger partial charge in [-0.3, -0.25) is 14.5 Å². The van der Waals surface area contributed by atoms with E-state index >= 15 is 0 Å². The van der Waals surface area contributed by atoms with Gasteiger partial charge in [0, 0.05) is 18.5 Å². The number of hydrogen-bond acceptors (Lipinski definition) is 5. The smallest absolute Gasteiger partial charge is 0.303 e. The normalized spacial score (nSPS) is 15.9. The summed E-state index contributed by atoms with van der Waals surface area (Å²) in [6.45, 7) is 3.00. The molecule has 1 aromatic carbocycles. The molecule has 0 aliphatic carbocycles. The lowest BCUT2D eigenvalue weighted by atomic mass is 10.1. The van der Waals surface area contributed by atoms with E-state index in [0.29, 0.717) is 28.8 Å². The molecule has 1 fully saturated rings. The third kappa shape index (κ3) is 5.57. The minimum atomic E-state index is -0.790. The summed E-state index contributed by atoms with van der Waals surface area (Å²) >= 11 is 6.61. The molecule has 0 unspecified atom stereocenters. The van der Waals surface area contributed by atoms with Crippen LogP contribution in [0.25, 0.3) is 6.08 Å². The number of ether oxygens (including phenoxy) is 1. The Hall–Kier alpha value is -1.86. The van der Waals surface area contributed by atoms with Crippen LogP contribution in [0.2, 0.25) is 0 Å². The molecule has 1 amide bonds. The summed E-state index contributed by atoms with van der Waals surface area (Å²) in [6.07, 6.45) is 4.08. The average Bonchev–Trinajstić information content (AvgIpc) is 2.83. The van der Waals surface area contributed by atoms with Crippen LogP contribution in [0.5, 0.6) is 5.75 Å². The third-order valence-electron chi connectivity index (χ3n) is 3.65. The molecule has 2 rings (SSSR count). The van der Waals surface area contributed by atoms with E-state index in [-0.39, 0.29) is 12.3 Å². The number of thiocarbonyl (C=S) groups is 1. The molecule has 0 saturated carbocycles. The van der Waals surface area contributed by atoms with E-state index in [1.807, 2.05) is 37.3 Å². The molecule has 0 aromatic heterocycles. The van der Waals surface area contributed by atoms with Crippen molar-refractivity contribution in [3.8, 4) is 5.75 Å². The fourth-order valence-electron chi connectivity index (χ4n) is 2.44. The molecule has 0 bridgehead atoms. The summed E-state index contributed by atoms with van der Waals surface area (Å²) in [4.78, 5) is 25.3. The second-order valence-corrected chi connectivity index (χ2v) is 7.18. The zero-order chi connectivity index (χ0) is 18.2. The van der Waals surface area contributed by atoms with Gasteiger partial charge in [0.1, 0.15) is 10.1 Å². The summed E-state index contributed by atoms with van der Waals surface area (Å²) in [6, 6.07) is 7.57. The molecule has 7 heteroatoms. The van der Waals surface area contributed by atoms with Crippen molar-refractivity contribution in [2.24, 2.45) is 0 Å². The minimum Gasteiger partial charge on any atom is -0.493 e. The molecule has 1 N–H and O–H groups in total. The molecule has 0 atom stereocenters. The zero-order valence-electron chi connectivity index (χ0n) is 14.1. The number of hydrogen-bond donors (Lipinski definition) is 1. The Labute approximate surface area is 157 Å². The number of unbranched alkanes of at least 4 members (excludes halogenated alkanes) is 2. The average molecular weight is 380 g/mol. The highest BCUT2D eigenvalue weighted by Gasteiger charge is 2.31. The summed E-state index contributed by atoms with van der Waals surface area (Å²) in [7, 11) is 0. The number of carbonyl (C=O) groups is 2. The summed E-state index contributed by atoms with van der Waals surface area (Å²) < 4.78 is 6.13. The van der Waals surface area contributed by atoms with Gasteiger partial charge in [-0.25, -0.2) is 0 Å². The van der Waals surface area contributed by atoms with Crippen LogP contribution in [0, 0.1) is 0 Å². The van der Waals surface area contributed by atoms with Gasteiger partial charge < -0.3 is 9.84 Å². The molecule has 134 valence electrons. The van der Waals surface area contributed by atoms with Gasteiger partial charge in [-0.05, 0) is 31.9 Å². The van der Waals surface area contributed by atoms with Gasteiger partial charge in [0.05, 0.1) is 11.5 Å². The minimum absolute atomic E-state index is 0.0977. The molecule has 1 saturated heterocycles. The van der Waals surface area contributed by atoms with Gasteiger partial charge in [-0.1, -0.05) is 48.6 Å². The molecule has 1 aromatic rings. The Bertz CT molecular complexity index is 687. The van der Waals surface area contributed by atoms with Crippen LogP contribution in [0.1, 0.15) is 38.2 Å². The largest absolute Gasteiger partial charge is 0.493 e. The molecule has 25 heavy (non-hydrogen) atoms. The maximum Gasteiger partial charge on any atom is 0.303 e. The number of nitrogens with zero attached hydrogens (tertiary/aromatic N) is 1. The van der Waals surface area contributed by atoms with Crippen LogP contribution in [0.4, 0.5) is 0 Å². The highest BCUT2D eigenvalue weighted by atomic mass is 32.2. The van der Waals surface area contributed by atoms with Crippen molar-refractivity contribution in [2.45, 2.75) is 32.6 Å². The Morgan fingerprint density at radius 3 is 2.80 bits per heavy atom. The summed E-state index contributed by atoms with van der Waals surface area (Å²) in [5, 5.41) is 8.64. The number of aliphatic carboxylic acids is 1. The molecular weight excluding hydrogens is 358 g/mol. The Kier molecular flexibility index (Phi) is 7.46. The number of carbonyl (C=O) groups excluding carboxylic acids is 1. The molecule has 5 nitrogen and oxygen atoms in total. The number of thioether (sulfide) groups is 1. The van der Waals surface area contributed by atoms with E-state index in [1.54, 1.807) is 4.90 Å². The van der Waals surface area contributed by atoms with Gasteiger partial charge >= 0.3 is 5.97 Å². The topological polar surface area (TPSA) is 66.8 Å². The Balaban J connectivity index is 1.99. The van der Waals surface area contributed by atoms with Crippen molar-refractivity contribution in [3.63, 3.8) is 0 Å². The molecular formula is C18H21NO4S2. The lowest BCUT2D eigenvalue weighted by Crippen LogP contribution is -2.29. The first-order chi connectivity index (χ1) is 12.0. The molecule has 0 spiro atoms. The zero-order valence-corrected chi connectivity index (χ0v) is 15.7. The quantitative estimate of drug-likeness (QED) is 0.398. The maximum absolute atomic E-state index is 12.6. The van der Waals surface area contributed by atoms with E-state index in [4.69, 9.17) is 22.1 Å². The summed E-state index contributed by atoms with van der Waals surface area (Å²) in [5.41, 5.74) is 0.853. The van der Waals surface area contributed by atoms with Gasteiger partial charge in [-0.15, -0.1) is 0 Å². The molecule has 1 aliphatic rings. The second kappa shape index (κ2) is 9.58. The lowest BCUT2D eigenvalue weighted by molar-refractivity contribution is -0.137. The van der Waals surface area contributed by atoms with Crippen LogP contribution in [0.3, 0.4) is 0 Å². The van der Waals surface area contributed by atoms with Gasteiger partial charge in [0.15, 0.2) is 0 Å². The molecule has 1 heterocycles. The predicted octanol–water partition coefficient (Wildman–Crippen LogP) is 3.93. The Morgan fingerprint density at radius 1 is 1.32 bits per heavy atom. The number of rotatable bonds is 9. The number of amides is 1. The second-order valence-electron chi connectivity index (χ2n) is 5.51. The van der Waals surface area contributed by atoms with Crippen molar-refractivity contribution < 1.29 is 19.4 Å². The van der Waals surface area contributed by atoms with Crippen LogP contribution in [-0.4, -0.2) is 39.4 Å². The van der Waals surface area contributed by atoms with Gasteiger partial charge in [0.25, 0.3) is 5.91 Å².